The molecular weight excluding hydrogens is 204 g/mol. The van der Waals surface area contributed by atoms with Gasteiger partial charge in [0, 0.05) is 11.3 Å². The van der Waals surface area contributed by atoms with Crippen LogP contribution in [0.15, 0.2) is 0 Å². The molecule has 84 valence electrons. The van der Waals surface area contributed by atoms with E-state index in [4.69, 9.17) is 5.73 Å². The van der Waals surface area contributed by atoms with Gasteiger partial charge in [-0.1, -0.05) is 19.8 Å². The third-order valence-corrected chi connectivity index (χ3v) is 4.32. The molecular formula is C12H20N2S. The second kappa shape index (κ2) is 5.08. The van der Waals surface area contributed by atoms with Crippen LogP contribution in [0, 0.1) is 5.92 Å². The van der Waals surface area contributed by atoms with Gasteiger partial charge in [0.15, 0.2) is 0 Å². The molecule has 0 aliphatic heterocycles. The second-order valence-electron chi connectivity index (χ2n) is 4.41. The highest BCUT2D eigenvalue weighted by Crippen LogP contribution is 2.32. The van der Waals surface area contributed by atoms with Gasteiger partial charge in [-0.25, -0.2) is 4.98 Å². The van der Waals surface area contributed by atoms with E-state index >= 15 is 0 Å². The van der Waals surface area contributed by atoms with Crippen molar-refractivity contribution in [2.24, 2.45) is 11.7 Å². The van der Waals surface area contributed by atoms with Gasteiger partial charge in [-0.2, -0.15) is 0 Å². The lowest BCUT2D eigenvalue weighted by atomic mass is 9.88. The van der Waals surface area contributed by atoms with Crippen molar-refractivity contribution >= 4 is 11.3 Å². The molecule has 2 nitrogen and oxygen atoms in total. The molecule has 1 aromatic rings. The highest BCUT2D eigenvalue weighted by atomic mass is 32.1. The summed E-state index contributed by atoms with van der Waals surface area (Å²) in [4.78, 5) is 6.22. The maximum Gasteiger partial charge on any atom is 0.0943 e. The van der Waals surface area contributed by atoms with Crippen LogP contribution in [0.25, 0.3) is 0 Å². The predicted octanol–water partition coefficient (Wildman–Crippen LogP) is 2.55. The fraction of sp³-hybridized carbons (Fsp3) is 0.750. The van der Waals surface area contributed by atoms with Gasteiger partial charge in [-0.15, -0.1) is 11.3 Å². The lowest BCUT2D eigenvalue weighted by Gasteiger charge is -2.20. The lowest BCUT2D eigenvalue weighted by molar-refractivity contribution is 0.423. The highest BCUT2D eigenvalue weighted by molar-refractivity contribution is 7.11. The summed E-state index contributed by atoms with van der Waals surface area (Å²) in [5.41, 5.74) is 6.93. The molecule has 2 N–H and O–H groups in total. The number of nitrogens with two attached hydrogens (primary N) is 1. The maximum absolute atomic E-state index is 5.56. The van der Waals surface area contributed by atoms with E-state index in [-0.39, 0.29) is 0 Å². The van der Waals surface area contributed by atoms with Gasteiger partial charge in [-0.05, 0) is 31.7 Å². The first-order valence-electron chi connectivity index (χ1n) is 6.01. The third-order valence-electron chi connectivity index (χ3n) is 3.14. The lowest BCUT2D eigenvalue weighted by Crippen LogP contribution is -2.12. The third kappa shape index (κ3) is 2.58. The average molecular weight is 224 g/mol. The molecule has 0 aromatic carbocycles. The van der Waals surface area contributed by atoms with Crippen molar-refractivity contribution in [1.82, 2.24) is 4.98 Å². The molecule has 1 atom stereocenters. The molecule has 0 fully saturated rings. The number of nitrogens with zero attached hydrogens (tertiary/aromatic N) is 1. The Hall–Kier alpha value is -0.410. The number of hydrogen-bond donors (Lipinski definition) is 1. The Kier molecular flexibility index (Phi) is 3.76. The first kappa shape index (κ1) is 11.1. The Morgan fingerprint density at radius 1 is 1.53 bits per heavy atom. The van der Waals surface area contributed by atoms with E-state index in [2.05, 4.69) is 11.9 Å². The second-order valence-corrected chi connectivity index (χ2v) is 5.58. The zero-order chi connectivity index (χ0) is 10.7. The normalized spacial score (nSPS) is 20.3. The Morgan fingerprint density at radius 3 is 3.13 bits per heavy atom. The quantitative estimate of drug-likeness (QED) is 0.853. The number of aryl methyl sites for hydroxylation is 1. The van der Waals surface area contributed by atoms with Crippen LogP contribution >= 0.6 is 11.3 Å². The summed E-state index contributed by atoms with van der Waals surface area (Å²) in [5, 5.41) is 1.25. The molecule has 1 aliphatic carbocycles. The van der Waals surface area contributed by atoms with Crippen molar-refractivity contribution < 1.29 is 0 Å². The summed E-state index contributed by atoms with van der Waals surface area (Å²) >= 11 is 1.90. The molecule has 0 amide bonds. The molecule has 1 unspecified atom stereocenters. The van der Waals surface area contributed by atoms with Crippen LogP contribution in [-0.4, -0.2) is 11.5 Å². The van der Waals surface area contributed by atoms with Gasteiger partial charge >= 0.3 is 0 Å². The van der Waals surface area contributed by atoms with Crippen LogP contribution in [0.4, 0.5) is 0 Å². The summed E-state index contributed by atoms with van der Waals surface area (Å²) in [6.45, 7) is 3.01. The van der Waals surface area contributed by atoms with E-state index in [9.17, 15) is 0 Å². The van der Waals surface area contributed by atoms with Gasteiger partial charge in [0.2, 0.25) is 0 Å². The van der Waals surface area contributed by atoms with E-state index < -0.39 is 0 Å². The van der Waals surface area contributed by atoms with Crippen molar-refractivity contribution in [2.75, 3.05) is 6.54 Å². The standard InChI is InChI=1S/C12H20N2S/c1-2-3-9-4-5-10-11(8-9)15-12(14-10)6-7-13/h9H,2-8,13H2,1H3. The van der Waals surface area contributed by atoms with Gasteiger partial charge in [0.25, 0.3) is 0 Å². The minimum atomic E-state index is 0.727. The SMILES string of the molecule is CCCC1CCc2nc(CCN)sc2C1. The number of rotatable bonds is 4. The fourth-order valence-electron chi connectivity index (χ4n) is 2.38. The number of aromatic nitrogens is 1. The van der Waals surface area contributed by atoms with Crippen LogP contribution in [0.3, 0.4) is 0 Å². The maximum atomic E-state index is 5.56. The first-order chi connectivity index (χ1) is 7.33. The fourth-order valence-corrected chi connectivity index (χ4v) is 3.63. The van der Waals surface area contributed by atoms with Crippen molar-refractivity contribution in [2.45, 2.75) is 45.4 Å². The number of fused-ring (bicyclic) bond motifs is 1. The van der Waals surface area contributed by atoms with E-state index in [0.717, 1.165) is 18.9 Å². The van der Waals surface area contributed by atoms with Crippen molar-refractivity contribution in [3.05, 3.63) is 15.6 Å². The number of hydrogen-bond acceptors (Lipinski definition) is 3. The van der Waals surface area contributed by atoms with Crippen LogP contribution < -0.4 is 5.73 Å². The van der Waals surface area contributed by atoms with Crippen molar-refractivity contribution in [3.8, 4) is 0 Å². The van der Waals surface area contributed by atoms with Crippen LogP contribution in [0.2, 0.25) is 0 Å². The molecule has 1 aliphatic rings. The molecule has 0 bridgehead atoms. The Balaban J connectivity index is 2.05. The molecule has 2 rings (SSSR count). The molecule has 15 heavy (non-hydrogen) atoms. The molecule has 0 radical (unpaired) electrons. The zero-order valence-corrected chi connectivity index (χ0v) is 10.3. The molecule has 1 heterocycles. The molecule has 0 saturated heterocycles. The van der Waals surface area contributed by atoms with Crippen LogP contribution in [-0.2, 0) is 19.3 Å². The Labute approximate surface area is 95.9 Å². The van der Waals surface area contributed by atoms with E-state index in [1.54, 1.807) is 4.88 Å². The summed E-state index contributed by atoms with van der Waals surface area (Å²) in [6.07, 6.45) is 7.45. The Morgan fingerprint density at radius 2 is 2.40 bits per heavy atom. The molecule has 0 saturated carbocycles. The molecule has 1 aromatic heterocycles. The summed E-state index contributed by atoms with van der Waals surface area (Å²) in [6, 6.07) is 0. The van der Waals surface area contributed by atoms with E-state index in [1.807, 2.05) is 11.3 Å². The minimum absolute atomic E-state index is 0.727. The monoisotopic (exact) mass is 224 g/mol. The predicted molar refractivity (Wildman–Crippen MR) is 65.3 cm³/mol. The number of thiazole rings is 1. The first-order valence-corrected chi connectivity index (χ1v) is 6.82. The summed E-state index contributed by atoms with van der Waals surface area (Å²) < 4.78 is 0. The molecule has 3 heteroatoms. The van der Waals surface area contributed by atoms with E-state index in [1.165, 1.54) is 42.8 Å². The summed E-state index contributed by atoms with van der Waals surface area (Å²) in [5.74, 6) is 0.911. The van der Waals surface area contributed by atoms with Crippen molar-refractivity contribution in [1.29, 1.82) is 0 Å². The van der Waals surface area contributed by atoms with Crippen LogP contribution in [0.1, 0.15) is 41.8 Å². The van der Waals surface area contributed by atoms with Gasteiger partial charge in [0.05, 0.1) is 10.7 Å². The Bertz CT molecular complexity index is 319. The highest BCUT2D eigenvalue weighted by Gasteiger charge is 2.21. The topological polar surface area (TPSA) is 38.9 Å². The zero-order valence-electron chi connectivity index (χ0n) is 9.46. The minimum Gasteiger partial charge on any atom is -0.330 e. The smallest absolute Gasteiger partial charge is 0.0943 e. The van der Waals surface area contributed by atoms with E-state index in [0.29, 0.717) is 0 Å². The van der Waals surface area contributed by atoms with Gasteiger partial charge < -0.3 is 5.73 Å². The largest absolute Gasteiger partial charge is 0.330 e. The van der Waals surface area contributed by atoms with Gasteiger partial charge in [-0.3, -0.25) is 0 Å². The van der Waals surface area contributed by atoms with Crippen LogP contribution in [0.5, 0.6) is 0 Å². The average Bonchev–Trinajstić information content (AvgIpc) is 2.60. The van der Waals surface area contributed by atoms with Crippen molar-refractivity contribution in [3.63, 3.8) is 0 Å². The summed E-state index contributed by atoms with van der Waals surface area (Å²) in [7, 11) is 0. The molecule has 0 spiro atoms. The van der Waals surface area contributed by atoms with Gasteiger partial charge in [0.1, 0.15) is 0 Å².